The second-order valence-corrected chi connectivity index (χ2v) is 6.95. The zero-order valence-corrected chi connectivity index (χ0v) is 16.8. The molecule has 140 valence electrons. The molecule has 1 amide bonds. The number of amides is 1. The van der Waals surface area contributed by atoms with Gasteiger partial charge in [-0.3, -0.25) is 9.79 Å². The third-order valence-electron chi connectivity index (χ3n) is 3.59. The van der Waals surface area contributed by atoms with Gasteiger partial charge in [-0.25, -0.2) is 0 Å². The second kappa shape index (κ2) is 9.96. The van der Waals surface area contributed by atoms with E-state index in [2.05, 4.69) is 55.9 Å². The number of aliphatic imine (C=N–C) groups is 1. The number of hydrogen-bond donors (Lipinski definition) is 3. The van der Waals surface area contributed by atoms with E-state index < -0.39 is 0 Å². The van der Waals surface area contributed by atoms with Gasteiger partial charge >= 0.3 is 0 Å². The molecule has 2 aromatic rings. The van der Waals surface area contributed by atoms with Crippen molar-refractivity contribution < 1.29 is 9.32 Å². The molecular weight excluding hydrogens is 398 g/mol. The van der Waals surface area contributed by atoms with E-state index in [1.807, 2.05) is 30.3 Å². The van der Waals surface area contributed by atoms with Crippen LogP contribution in [0.1, 0.15) is 37.6 Å². The van der Waals surface area contributed by atoms with Gasteiger partial charge in [0.25, 0.3) is 0 Å². The number of halogens is 1. The van der Waals surface area contributed by atoms with Crippen LogP contribution in [0.25, 0.3) is 0 Å². The minimum Gasteiger partial charge on any atom is -0.359 e. The van der Waals surface area contributed by atoms with E-state index in [0.717, 1.165) is 21.6 Å². The molecule has 0 aliphatic heterocycles. The molecule has 0 atom stereocenters. The Labute approximate surface area is 161 Å². The number of hydrogen-bond acceptors (Lipinski definition) is 4. The number of aromatic nitrogens is 1. The summed E-state index contributed by atoms with van der Waals surface area (Å²) in [7, 11) is 1.68. The van der Waals surface area contributed by atoms with Gasteiger partial charge in [0.05, 0.1) is 12.2 Å². The Balaban J connectivity index is 1.70. The Morgan fingerprint density at radius 1 is 1.27 bits per heavy atom. The molecule has 1 heterocycles. The van der Waals surface area contributed by atoms with E-state index >= 15 is 0 Å². The van der Waals surface area contributed by atoms with Gasteiger partial charge in [-0.15, -0.1) is 0 Å². The van der Waals surface area contributed by atoms with Gasteiger partial charge < -0.3 is 20.5 Å². The van der Waals surface area contributed by atoms with Crippen LogP contribution in [0, 0.1) is 0 Å². The summed E-state index contributed by atoms with van der Waals surface area (Å²) < 4.78 is 6.25. The van der Waals surface area contributed by atoms with E-state index in [1.165, 1.54) is 0 Å². The lowest BCUT2D eigenvalue weighted by Crippen LogP contribution is -2.38. The number of carbonyl (C=O) groups is 1. The summed E-state index contributed by atoms with van der Waals surface area (Å²) in [5.74, 6) is 1.61. The lowest BCUT2D eigenvalue weighted by atomic mass is 10.1. The molecule has 0 saturated carbocycles. The Kier molecular flexibility index (Phi) is 7.65. The van der Waals surface area contributed by atoms with Crippen molar-refractivity contribution in [1.82, 2.24) is 15.8 Å². The van der Waals surface area contributed by atoms with Crippen molar-refractivity contribution in [2.24, 2.45) is 4.99 Å². The molecule has 0 fully saturated rings. The maximum Gasteiger partial charge on any atom is 0.226 e. The molecule has 8 heteroatoms. The Morgan fingerprint density at radius 2 is 2.00 bits per heavy atom. The van der Waals surface area contributed by atoms with Crippen LogP contribution in [-0.4, -0.2) is 30.6 Å². The van der Waals surface area contributed by atoms with Crippen LogP contribution in [0.4, 0.5) is 5.69 Å². The molecule has 0 spiro atoms. The molecule has 1 aromatic heterocycles. The monoisotopic (exact) mass is 421 g/mol. The van der Waals surface area contributed by atoms with Crippen LogP contribution < -0.4 is 16.0 Å². The Hall–Kier alpha value is -2.35. The smallest absolute Gasteiger partial charge is 0.226 e. The number of benzene rings is 1. The number of carbonyl (C=O) groups excluding carboxylic acids is 1. The summed E-state index contributed by atoms with van der Waals surface area (Å²) in [5, 5.41) is 13.1. The lowest BCUT2D eigenvalue weighted by molar-refractivity contribution is -0.116. The average Bonchev–Trinajstić information content (AvgIpc) is 3.09. The molecule has 0 aliphatic rings. The molecule has 3 N–H and O–H groups in total. The maximum atomic E-state index is 12.0. The lowest BCUT2D eigenvalue weighted by Gasteiger charge is -2.11. The molecule has 0 radical (unpaired) electrons. The van der Waals surface area contributed by atoms with Crippen LogP contribution in [0.2, 0.25) is 0 Å². The van der Waals surface area contributed by atoms with Gasteiger partial charge in [-0.1, -0.05) is 34.9 Å². The van der Waals surface area contributed by atoms with Crippen LogP contribution in [0.5, 0.6) is 0 Å². The number of nitrogens with one attached hydrogen (secondary N) is 3. The van der Waals surface area contributed by atoms with Gasteiger partial charge in [0.15, 0.2) is 11.7 Å². The van der Waals surface area contributed by atoms with Crippen molar-refractivity contribution >= 4 is 33.5 Å². The summed E-state index contributed by atoms with van der Waals surface area (Å²) in [6, 6.07) is 9.38. The number of guanidine groups is 1. The highest BCUT2D eigenvalue weighted by Crippen LogP contribution is 2.14. The summed E-state index contributed by atoms with van der Waals surface area (Å²) in [6.45, 7) is 5.07. The van der Waals surface area contributed by atoms with Crippen LogP contribution in [0.3, 0.4) is 0 Å². The largest absolute Gasteiger partial charge is 0.359 e. The first-order valence-corrected chi connectivity index (χ1v) is 9.22. The Morgan fingerprint density at radius 3 is 2.62 bits per heavy atom. The predicted molar refractivity (Wildman–Crippen MR) is 106 cm³/mol. The van der Waals surface area contributed by atoms with Gasteiger partial charge in [0, 0.05) is 36.2 Å². The zero-order chi connectivity index (χ0) is 18.9. The van der Waals surface area contributed by atoms with Crippen molar-refractivity contribution in [3.63, 3.8) is 0 Å². The van der Waals surface area contributed by atoms with Crippen LogP contribution in [0.15, 0.2) is 44.3 Å². The first kappa shape index (κ1) is 20.0. The third-order valence-corrected chi connectivity index (χ3v) is 4.12. The van der Waals surface area contributed by atoms with Gasteiger partial charge in [0.1, 0.15) is 0 Å². The first-order chi connectivity index (χ1) is 12.5. The molecular formula is C18H24BrN5O2. The number of nitrogens with zero attached hydrogens (tertiary/aromatic N) is 2. The van der Waals surface area contributed by atoms with Gasteiger partial charge in [0.2, 0.25) is 5.91 Å². The van der Waals surface area contributed by atoms with Crippen LogP contribution in [-0.2, 0) is 11.3 Å². The highest BCUT2D eigenvalue weighted by Gasteiger charge is 2.08. The minimum atomic E-state index is -0.0629. The molecule has 0 aliphatic carbocycles. The van der Waals surface area contributed by atoms with Crippen molar-refractivity contribution in [2.75, 3.05) is 18.9 Å². The maximum absolute atomic E-state index is 12.0. The third kappa shape index (κ3) is 6.51. The number of rotatable bonds is 7. The normalized spacial score (nSPS) is 11.5. The fourth-order valence-corrected chi connectivity index (χ4v) is 2.39. The van der Waals surface area contributed by atoms with Crippen molar-refractivity contribution in [3.05, 3.63) is 46.3 Å². The van der Waals surface area contributed by atoms with E-state index in [1.54, 1.807) is 7.05 Å². The van der Waals surface area contributed by atoms with E-state index in [4.69, 9.17) is 4.52 Å². The van der Waals surface area contributed by atoms with Gasteiger partial charge in [-0.2, -0.15) is 0 Å². The zero-order valence-electron chi connectivity index (χ0n) is 15.2. The van der Waals surface area contributed by atoms with Crippen LogP contribution >= 0.6 is 15.9 Å². The van der Waals surface area contributed by atoms with E-state index in [9.17, 15) is 4.79 Å². The van der Waals surface area contributed by atoms with E-state index in [0.29, 0.717) is 31.4 Å². The average molecular weight is 422 g/mol. The molecule has 7 nitrogen and oxygen atoms in total. The quantitative estimate of drug-likeness (QED) is 0.471. The molecule has 1 aromatic carbocycles. The summed E-state index contributed by atoms with van der Waals surface area (Å²) >= 11 is 3.36. The standard InChI is InChI=1S/C18H24BrN5O2/c1-12(2)16-10-15(26-24-16)11-22-18(20-3)21-9-8-17(25)23-14-6-4-13(19)5-7-14/h4-7,10,12H,8-9,11H2,1-3H3,(H,23,25)(H2,20,21,22). The molecule has 0 bridgehead atoms. The predicted octanol–water partition coefficient (Wildman–Crippen LogP) is 3.25. The number of anilines is 1. The highest BCUT2D eigenvalue weighted by molar-refractivity contribution is 9.10. The van der Waals surface area contributed by atoms with Crippen molar-refractivity contribution in [2.45, 2.75) is 32.7 Å². The second-order valence-electron chi connectivity index (χ2n) is 6.03. The molecule has 2 rings (SSSR count). The van der Waals surface area contributed by atoms with Crippen molar-refractivity contribution in [1.29, 1.82) is 0 Å². The minimum absolute atomic E-state index is 0.0629. The fourth-order valence-electron chi connectivity index (χ4n) is 2.13. The van der Waals surface area contributed by atoms with Crippen molar-refractivity contribution in [3.8, 4) is 0 Å². The fraction of sp³-hybridized carbons (Fsp3) is 0.389. The van der Waals surface area contributed by atoms with Gasteiger partial charge in [-0.05, 0) is 30.2 Å². The first-order valence-electron chi connectivity index (χ1n) is 8.43. The topological polar surface area (TPSA) is 91.5 Å². The summed E-state index contributed by atoms with van der Waals surface area (Å²) in [4.78, 5) is 16.1. The molecule has 26 heavy (non-hydrogen) atoms. The summed E-state index contributed by atoms with van der Waals surface area (Å²) in [6.07, 6.45) is 0.330. The highest BCUT2D eigenvalue weighted by atomic mass is 79.9. The summed E-state index contributed by atoms with van der Waals surface area (Å²) in [5.41, 5.74) is 1.70. The van der Waals surface area contributed by atoms with E-state index in [-0.39, 0.29) is 5.91 Å². The molecule has 0 unspecified atom stereocenters. The SMILES string of the molecule is CN=C(NCCC(=O)Nc1ccc(Br)cc1)NCc1cc(C(C)C)no1. The molecule has 0 saturated heterocycles. The Bertz CT molecular complexity index is 740.